The van der Waals surface area contributed by atoms with E-state index in [0.29, 0.717) is 25.8 Å². The monoisotopic (exact) mass is 225 g/mol. The van der Waals surface area contributed by atoms with Crippen molar-refractivity contribution in [3.63, 3.8) is 0 Å². The fourth-order valence-electron chi connectivity index (χ4n) is 1.86. The minimum absolute atomic E-state index is 0.0959. The Hall–Kier alpha value is -1.19. The molecule has 0 N–H and O–H groups in total. The SMILES string of the molecule is CCC(=O)CCCN1C(=O)C(C)C(C)C1=O. The summed E-state index contributed by atoms with van der Waals surface area (Å²) in [5.74, 6) is -0.438. The number of carbonyl (C=O) groups excluding carboxylic acids is 3. The number of nitrogens with zero attached hydrogens (tertiary/aromatic N) is 1. The predicted octanol–water partition coefficient (Wildman–Crippen LogP) is 1.39. The summed E-state index contributed by atoms with van der Waals surface area (Å²) in [4.78, 5) is 35.8. The van der Waals surface area contributed by atoms with Gasteiger partial charge in [0.15, 0.2) is 0 Å². The molecular formula is C12H19NO3. The molecular weight excluding hydrogens is 206 g/mol. The molecule has 4 heteroatoms. The first-order valence-electron chi connectivity index (χ1n) is 5.86. The first kappa shape index (κ1) is 12.9. The van der Waals surface area contributed by atoms with Gasteiger partial charge in [0.05, 0.1) is 0 Å². The molecule has 1 saturated heterocycles. The highest BCUT2D eigenvalue weighted by Crippen LogP contribution is 2.25. The summed E-state index contributed by atoms with van der Waals surface area (Å²) in [6.07, 6.45) is 1.56. The Balaban J connectivity index is 2.46. The number of likely N-dealkylation sites (tertiary alicyclic amines) is 1. The van der Waals surface area contributed by atoms with Crippen molar-refractivity contribution in [2.45, 2.75) is 40.0 Å². The highest BCUT2D eigenvalue weighted by Gasteiger charge is 2.41. The topological polar surface area (TPSA) is 54.5 Å². The third-order valence-corrected chi connectivity index (χ3v) is 3.29. The smallest absolute Gasteiger partial charge is 0.232 e. The molecule has 2 atom stereocenters. The van der Waals surface area contributed by atoms with Crippen molar-refractivity contribution < 1.29 is 14.4 Å². The van der Waals surface area contributed by atoms with E-state index in [-0.39, 0.29) is 29.4 Å². The molecule has 0 aromatic rings. The van der Waals surface area contributed by atoms with Crippen LogP contribution >= 0.6 is 0 Å². The maximum atomic E-state index is 11.7. The average Bonchev–Trinajstić information content (AvgIpc) is 2.46. The molecule has 0 spiro atoms. The third-order valence-electron chi connectivity index (χ3n) is 3.29. The Bertz CT molecular complexity index is 291. The standard InChI is InChI=1S/C12H19NO3/c1-4-10(14)6-5-7-13-11(15)8(2)9(3)12(13)16/h8-9H,4-7H2,1-3H3. The fraction of sp³-hybridized carbons (Fsp3) is 0.750. The zero-order chi connectivity index (χ0) is 12.3. The molecule has 1 aliphatic rings. The van der Waals surface area contributed by atoms with Crippen molar-refractivity contribution in [1.29, 1.82) is 0 Å². The van der Waals surface area contributed by atoms with E-state index in [1.54, 1.807) is 13.8 Å². The normalized spacial score (nSPS) is 25.3. The minimum atomic E-state index is -0.214. The third kappa shape index (κ3) is 2.49. The van der Waals surface area contributed by atoms with Crippen molar-refractivity contribution in [1.82, 2.24) is 4.90 Å². The maximum Gasteiger partial charge on any atom is 0.232 e. The van der Waals surface area contributed by atoms with Crippen LogP contribution in [0.15, 0.2) is 0 Å². The van der Waals surface area contributed by atoms with Gasteiger partial charge in [-0.05, 0) is 6.42 Å². The van der Waals surface area contributed by atoms with E-state index in [1.165, 1.54) is 4.90 Å². The zero-order valence-corrected chi connectivity index (χ0v) is 10.2. The van der Waals surface area contributed by atoms with Gasteiger partial charge in [-0.3, -0.25) is 19.3 Å². The van der Waals surface area contributed by atoms with E-state index in [1.807, 2.05) is 6.92 Å². The second kappa shape index (κ2) is 5.23. The lowest BCUT2D eigenvalue weighted by Gasteiger charge is -2.13. The first-order chi connectivity index (χ1) is 7.49. The molecule has 2 unspecified atom stereocenters. The first-order valence-corrected chi connectivity index (χ1v) is 5.86. The minimum Gasteiger partial charge on any atom is -0.300 e. The van der Waals surface area contributed by atoms with Gasteiger partial charge in [-0.1, -0.05) is 20.8 Å². The van der Waals surface area contributed by atoms with Gasteiger partial charge in [0.1, 0.15) is 5.78 Å². The van der Waals surface area contributed by atoms with Crippen LogP contribution in [-0.4, -0.2) is 29.0 Å². The summed E-state index contributed by atoms with van der Waals surface area (Å²) in [6, 6.07) is 0. The van der Waals surface area contributed by atoms with Crippen LogP contribution in [0.25, 0.3) is 0 Å². The van der Waals surface area contributed by atoms with Crippen LogP contribution in [0.4, 0.5) is 0 Å². The number of imide groups is 1. The lowest BCUT2D eigenvalue weighted by molar-refractivity contribution is -0.140. The van der Waals surface area contributed by atoms with Crippen molar-refractivity contribution >= 4 is 17.6 Å². The van der Waals surface area contributed by atoms with E-state index in [0.717, 1.165) is 0 Å². The lowest BCUT2D eigenvalue weighted by atomic mass is 10.00. The predicted molar refractivity (Wildman–Crippen MR) is 59.6 cm³/mol. The summed E-state index contributed by atoms with van der Waals surface area (Å²) in [5.41, 5.74) is 0. The van der Waals surface area contributed by atoms with Crippen LogP contribution in [0, 0.1) is 11.8 Å². The van der Waals surface area contributed by atoms with Crippen LogP contribution in [0.2, 0.25) is 0 Å². The summed E-state index contributed by atoms with van der Waals surface area (Å²) < 4.78 is 0. The van der Waals surface area contributed by atoms with Crippen LogP contribution in [0.5, 0.6) is 0 Å². The quantitative estimate of drug-likeness (QED) is 0.664. The molecule has 0 saturated carbocycles. The Labute approximate surface area is 96.0 Å². The number of rotatable bonds is 5. The van der Waals surface area contributed by atoms with Gasteiger partial charge in [0, 0.05) is 31.2 Å². The van der Waals surface area contributed by atoms with E-state index in [4.69, 9.17) is 0 Å². The van der Waals surface area contributed by atoms with E-state index in [9.17, 15) is 14.4 Å². The van der Waals surface area contributed by atoms with Crippen molar-refractivity contribution in [3.8, 4) is 0 Å². The van der Waals surface area contributed by atoms with Gasteiger partial charge in [-0.25, -0.2) is 0 Å². The highest BCUT2D eigenvalue weighted by molar-refractivity contribution is 6.04. The van der Waals surface area contributed by atoms with Crippen molar-refractivity contribution in [2.24, 2.45) is 11.8 Å². The summed E-state index contributed by atoms with van der Waals surface area (Å²) >= 11 is 0. The van der Waals surface area contributed by atoms with E-state index >= 15 is 0 Å². The molecule has 0 bridgehead atoms. The molecule has 2 amide bonds. The van der Waals surface area contributed by atoms with Gasteiger partial charge in [-0.15, -0.1) is 0 Å². The number of hydrogen-bond acceptors (Lipinski definition) is 3. The van der Waals surface area contributed by atoms with Gasteiger partial charge >= 0.3 is 0 Å². The molecule has 16 heavy (non-hydrogen) atoms. The Morgan fingerprint density at radius 2 is 1.69 bits per heavy atom. The Morgan fingerprint density at radius 3 is 2.12 bits per heavy atom. The maximum absolute atomic E-state index is 11.7. The van der Waals surface area contributed by atoms with Crippen LogP contribution in [-0.2, 0) is 14.4 Å². The summed E-state index contributed by atoms with van der Waals surface area (Å²) in [6.45, 7) is 5.76. The van der Waals surface area contributed by atoms with Gasteiger partial charge in [-0.2, -0.15) is 0 Å². The molecule has 0 aliphatic carbocycles. The van der Waals surface area contributed by atoms with E-state index < -0.39 is 0 Å². The molecule has 1 fully saturated rings. The molecule has 0 radical (unpaired) electrons. The molecule has 1 aliphatic heterocycles. The molecule has 1 rings (SSSR count). The molecule has 0 aromatic carbocycles. The second-order valence-electron chi connectivity index (χ2n) is 4.40. The largest absolute Gasteiger partial charge is 0.300 e. The summed E-state index contributed by atoms with van der Waals surface area (Å²) in [5, 5.41) is 0. The average molecular weight is 225 g/mol. The van der Waals surface area contributed by atoms with Crippen molar-refractivity contribution in [3.05, 3.63) is 0 Å². The lowest BCUT2D eigenvalue weighted by Crippen LogP contribution is -2.32. The van der Waals surface area contributed by atoms with Gasteiger partial charge in [0.25, 0.3) is 0 Å². The fourth-order valence-corrected chi connectivity index (χ4v) is 1.86. The highest BCUT2D eigenvalue weighted by atomic mass is 16.2. The number of hydrogen-bond donors (Lipinski definition) is 0. The molecule has 90 valence electrons. The Morgan fingerprint density at radius 1 is 1.19 bits per heavy atom. The van der Waals surface area contributed by atoms with Gasteiger partial charge in [0.2, 0.25) is 11.8 Å². The van der Waals surface area contributed by atoms with Gasteiger partial charge < -0.3 is 0 Å². The summed E-state index contributed by atoms with van der Waals surface area (Å²) in [7, 11) is 0. The van der Waals surface area contributed by atoms with Crippen LogP contribution < -0.4 is 0 Å². The second-order valence-corrected chi connectivity index (χ2v) is 4.40. The van der Waals surface area contributed by atoms with Crippen LogP contribution in [0.3, 0.4) is 0 Å². The molecule has 0 aromatic heterocycles. The number of ketones is 1. The number of carbonyl (C=O) groups is 3. The van der Waals surface area contributed by atoms with Crippen molar-refractivity contribution in [2.75, 3.05) is 6.54 Å². The number of Topliss-reactive ketones (excluding diaryl/α,β-unsaturated/α-hetero) is 1. The molecule has 4 nitrogen and oxygen atoms in total. The Kier molecular flexibility index (Phi) is 4.21. The zero-order valence-electron chi connectivity index (χ0n) is 10.2. The number of amides is 2. The molecule has 1 heterocycles. The van der Waals surface area contributed by atoms with Crippen LogP contribution in [0.1, 0.15) is 40.0 Å². The van der Waals surface area contributed by atoms with E-state index in [2.05, 4.69) is 0 Å².